The molecule has 0 unspecified atom stereocenters. The summed E-state index contributed by atoms with van der Waals surface area (Å²) in [6, 6.07) is 3.83. The van der Waals surface area contributed by atoms with Crippen LogP contribution in [0.15, 0.2) is 23.3 Å². The van der Waals surface area contributed by atoms with Gasteiger partial charge in [0.25, 0.3) is 0 Å². The van der Waals surface area contributed by atoms with Gasteiger partial charge in [0, 0.05) is 45.2 Å². The number of aromatic nitrogens is 1. The van der Waals surface area contributed by atoms with Gasteiger partial charge in [-0.05, 0) is 19.4 Å². The first-order chi connectivity index (χ1) is 11.3. The largest absolute Gasteiger partial charge is 0.481 e. The van der Waals surface area contributed by atoms with Gasteiger partial charge < -0.3 is 24.8 Å². The Morgan fingerprint density at radius 2 is 2.04 bits per heavy atom. The van der Waals surface area contributed by atoms with Gasteiger partial charge >= 0.3 is 0 Å². The lowest BCUT2D eigenvalue weighted by Crippen LogP contribution is -2.39. The van der Waals surface area contributed by atoms with Crippen LogP contribution in [0.1, 0.15) is 18.9 Å². The zero-order valence-corrected chi connectivity index (χ0v) is 14.3. The van der Waals surface area contributed by atoms with Crippen molar-refractivity contribution in [3.63, 3.8) is 0 Å². The van der Waals surface area contributed by atoms with Gasteiger partial charge in [0.05, 0.1) is 20.3 Å². The first kappa shape index (κ1) is 19.2. The van der Waals surface area contributed by atoms with E-state index in [1.54, 1.807) is 20.4 Å². The van der Waals surface area contributed by atoms with Gasteiger partial charge in [-0.3, -0.25) is 0 Å². The fourth-order valence-electron chi connectivity index (χ4n) is 1.86. The van der Waals surface area contributed by atoms with Gasteiger partial charge in [-0.25, -0.2) is 9.98 Å². The Labute approximate surface area is 138 Å². The number of hydrogen-bond donors (Lipinski definition) is 2. The van der Waals surface area contributed by atoms with Crippen molar-refractivity contribution in [1.82, 2.24) is 15.6 Å². The molecule has 0 saturated heterocycles. The Bertz CT molecular complexity index is 455. The summed E-state index contributed by atoms with van der Waals surface area (Å²) in [6.45, 7) is 6.08. The molecular weight excluding hydrogens is 296 g/mol. The molecule has 7 heteroatoms. The number of methoxy groups -OCH3 is 2. The second kappa shape index (κ2) is 12.7. The van der Waals surface area contributed by atoms with Crippen molar-refractivity contribution in [3.05, 3.63) is 23.9 Å². The van der Waals surface area contributed by atoms with E-state index in [2.05, 4.69) is 20.6 Å². The zero-order valence-electron chi connectivity index (χ0n) is 14.3. The normalized spacial score (nSPS) is 11.3. The van der Waals surface area contributed by atoms with Crippen LogP contribution in [0.3, 0.4) is 0 Å². The van der Waals surface area contributed by atoms with Crippen molar-refractivity contribution >= 4 is 5.96 Å². The minimum atomic E-state index is 0.491. The highest BCUT2D eigenvalue weighted by atomic mass is 16.5. The molecule has 0 atom stereocenters. The highest BCUT2D eigenvalue weighted by molar-refractivity contribution is 5.79. The van der Waals surface area contributed by atoms with Crippen LogP contribution in [0.2, 0.25) is 0 Å². The summed E-state index contributed by atoms with van der Waals surface area (Å²) < 4.78 is 15.6. The average molecular weight is 324 g/mol. The molecule has 7 nitrogen and oxygen atoms in total. The monoisotopic (exact) mass is 324 g/mol. The van der Waals surface area contributed by atoms with E-state index < -0.39 is 0 Å². The van der Waals surface area contributed by atoms with E-state index >= 15 is 0 Å². The topological polar surface area (TPSA) is 77.0 Å². The SMILES string of the molecule is CCOCCCNC(=NCc1cccnc1OC)NCCOC. The van der Waals surface area contributed by atoms with Gasteiger partial charge in [-0.2, -0.15) is 0 Å². The summed E-state index contributed by atoms with van der Waals surface area (Å²) >= 11 is 0. The number of pyridine rings is 1. The predicted octanol–water partition coefficient (Wildman–Crippen LogP) is 1.20. The van der Waals surface area contributed by atoms with E-state index in [-0.39, 0.29) is 0 Å². The summed E-state index contributed by atoms with van der Waals surface area (Å²) in [5.41, 5.74) is 0.942. The van der Waals surface area contributed by atoms with Crippen LogP contribution < -0.4 is 15.4 Å². The van der Waals surface area contributed by atoms with E-state index in [4.69, 9.17) is 14.2 Å². The number of hydrogen-bond acceptors (Lipinski definition) is 5. The Hall–Kier alpha value is -1.86. The summed E-state index contributed by atoms with van der Waals surface area (Å²) in [4.78, 5) is 8.75. The van der Waals surface area contributed by atoms with E-state index in [0.29, 0.717) is 25.6 Å². The third-order valence-corrected chi connectivity index (χ3v) is 3.01. The van der Waals surface area contributed by atoms with Crippen molar-refractivity contribution in [3.8, 4) is 5.88 Å². The molecule has 0 aliphatic carbocycles. The van der Waals surface area contributed by atoms with Gasteiger partial charge in [0.2, 0.25) is 5.88 Å². The highest BCUT2D eigenvalue weighted by Crippen LogP contribution is 2.14. The smallest absolute Gasteiger partial charge is 0.218 e. The molecule has 1 heterocycles. The molecule has 23 heavy (non-hydrogen) atoms. The van der Waals surface area contributed by atoms with Crippen molar-refractivity contribution in [2.45, 2.75) is 19.9 Å². The first-order valence-corrected chi connectivity index (χ1v) is 7.88. The van der Waals surface area contributed by atoms with Crippen LogP contribution in [-0.4, -0.2) is 58.1 Å². The summed E-state index contributed by atoms with van der Waals surface area (Å²) in [6.07, 6.45) is 2.63. The molecule has 0 fully saturated rings. The summed E-state index contributed by atoms with van der Waals surface area (Å²) in [7, 11) is 3.29. The molecule has 0 aliphatic rings. The van der Waals surface area contributed by atoms with Crippen molar-refractivity contribution < 1.29 is 14.2 Å². The van der Waals surface area contributed by atoms with Crippen molar-refractivity contribution in [2.75, 3.05) is 47.1 Å². The number of guanidine groups is 1. The maximum atomic E-state index is 5.33. The molecule has 2 N–H and O–H groups in total. The molecule has 1 rings (SSSR count). The minimum absolute atomic E-state index is 0.491. The molecule has 0 amide bonds. The lowest BCUT2D eigenvalue weighted by molar-refractivity contribution is 0.145. The maximum Gasteiger partial charge on any atom is 0.218 e. The lowest BCUT2D eigenvalue weighted by Gasteiger charge is -2.13. The third kappa shape index (κ3) is 8.37. The summed E-state index contributed by atoms with van der Waals surface area (Å²) in [5, 5.41) is 6.52. The molecule has 130 valence electrons. The molecule has 1 aromatic heterocycles. The van der Waals surface area contributed by atoms with Crippen molar-refractivity contribution in [2.24, 2.45) is 4.99 Å². The van der Waals surface area contributed by atoms with E-state index in [1.165, 1.54) is 0 Å². The number of rotatable bonds is 11. The molecule has 0 spiro atoms. The number of nitrogens with one attached hydrogen (secondary N) is 2. The number of ether oxygens (including phenoxy) is 3. The quantitative estimate of drug-likeness (QED) is 0.362. The second-order valence-corrected chi connectivity index (χ2v) is 4.73. The van der Waals surface area contributed by atoms with Crippen LogP contribution in [-0.2, 0) is 16.0 Å². The Balaban J connectivity index is 2.54. The average Bonchev–Trinajstić information content (AvgIpc) is 2.59. The molecule has 0 bridgehead atoms. The van der Waals surface area contributed by atoms with Gasteiger partial charge in [0.15, 0.2) is 5.96 Å². The van der Waals surface area contributed by atoms with Gasteiger partial charge in [0.1, 0.15) is 0 Å². The Kier molecular flexibility index (Phi) is 10.6. The molecule has 1 aromatic rings. The predicted molar refractivity (Wildman–Crippen MR) is 90.9 cm³/mol. The van der Waals surface area contributed by atoms with Crippen LogP contribution in [0.25, 0.3) is 0 Å². The fraction of sp³-hybridized carbons (Fsp3) is 0.625. The van der Waals surface area contributed by atoms with Gasteiger partial charge in [-0.1, -0.05) is 6.07 Å². The van der Waals surface area contributed by atoms with E-state index in [1.807, 2.05) is 19.1 Å². The second-order valence-electron chi connectivity index (χ2n) is 4.73. The molecule has 0 radical (unpaired) electrons. The van der Waals surface area contributed by atoms with Gasteiger partial charge in [-0.15, -0.1) is 0 Å². The van der Waals surface area contributed by atoms with E-state index in [9.17, 15) is 0 Å². The number of nitrogens with zero attached hydrogens (tertiary/aromatic N) is 2. The third-order valence-electron chi connectivity index (χ3n) is 3.01. The van der Waals surface area contributed by atoms with Crippen LogP contribution in [0.4, 0.5) is 0 Å². The minimum Gasteiger partial charge on any atom is -0.481 e. The van der Waals surface area contributed by atoms with Crippen LogP contribution >= 0.6 is 0 Å². The van der Waals surface area contributed by atoms with Crippen molar-refractivity contribution in [1.29, 1.82) is 0 Å². The molecule has 0 aromatic carbocycles. The summed E-state index contributed by atoms with van der Waals surface area (Å²) in [5.74, 6) is 1.34. The standard InChI is InChI=1S/C16H28N4O3/c1-4-23-11-6-9-18-16(19-10-12-21-2)20-13-14-7-5-8-17-15(14)22-3/h5,7-8H,4,6,9-13H2,1-3H3,(H2,18,19,20). The Morgan fingerprint density at radius 1 is 1.22 bits per heavy atom. The maximum absolute atomic E-state index is 5.33. The van der Waals surface area contributed by atoms with Crippen LogP contribution in [0.5, 0.6) is 5.88 Å². The van der Waals surface area contributed by atoms with E-state index in [0.717, 1.165) is 37.7 Å². The fourth-order valence-corrected chi connectivity index (χ4v) is 1.86. The highest BCUT2D eigenvalue weighted by Gasteiger charge is 2.03. The lowest BCUT2D eigenvalue weighted by atomic mass is 10.3. The first-order valence-electron chi connectivity index (χ1n) is 7.88. The zero-order chi connectivity index (χ0) is 16.8. The van der Waals surface area contributed by atoms with Crippen LogP contribution in [0, 0.1) is 0 Å². The molecule has 0 aliphatic heterocycles. The molecular formula is C16H28N4O3. The Morgan fingerprint density at radius 3 is 2.78 bits per heavy atom. The molecule has 0 saturated carbocycles. The number of aliphatic imine (C=N–C) groups is 1.